The lowest BCUT2D eigenvalue weighted by atomic mass is 9.47. The molecule has 9 atom stereocenters. The van der Waals surface area contributed by atoms with Crippen molar-refractivity contribution in [1.82, 2.24) is 0 Å². The highest BCUT2D eigenvalue weighted by Gasteiger charge is 2.75. The Balaban J connectivity index is 1.27. The van der Waals surface area contributed by atoms with Crippen LogP contribution < -0.4 is 0 Å². The monoisotopic (exact) mass is 480 g/mol. The van der Waals surface area contributed by atoms with Crippen LogP contribution in [0.1, 0.15) is 58.8 Å². The largest absolute Gasteiger partial charge is 0.362 e. The Labute approximate surface area is 198 Å². The van der Waals surface area contributed by atoms with Crippen molar-refractivity contribution in [3.8, 4) is 0 Å². The summed E-state index contributed by atoms with van der Waals surface area (Å²) in [6, 6.07) is 0. The standard InChI is InChI=1S/C25H37O7P/c1-21-7-8-23(27-9-10-28-23)12-16(21)11-19(32-33)20-17(21)3-5-22(2)18(20)4-6-24(22)25(31-15-29-24)13-26-14-30-25/h3,16,18-20H,4-15,33H2,1-2H3/t16-,18?,19-,20?,21+,22+,24-,25?/m1/s1. The first kappa shape index (κ1) is 22.1. The first-order valence-corrected chi connectivity index (χ1v) is 13.2. The third kappa shape index (κ3) is 2.64. The molecule has 0 aromatic carbocycles. The maximum Gasteiger partial charge on any atom is 0.226 e. The molecule has 3 saturated carbocycles. The van der Waals surface area contributed by atoms with Gasteiger partial charge in [0.05, 0.1) is 19.3 Å². The van der Waals surface area contributed by atoms with Gasteiger partial charge < -0.3 is 32.9 Å². The van der Waals surface area contributed by atoms with Gasteiger partial charge in [0.1, 0.15) is 12.2 Å². The molecule has 3 aliphatic heterocycles. The summed E-state index contributed by atoms with van der Waals surface area (Å²) in [6.07, 6.45) is 9.81. The van der Waals surface area contributed by atoms with E-state index in [-0.39, 0.29) is 36.3 Å². The van der Waals surface area contributed by atoms with E-state index in [4.69, 9.17) is 32.9 Å². The molecule has 184 valence electrons. The summed E-state index contributed by atoms with van der Waals surface area (Å²) in [5, 5.41) is 0. The lowest BCUT2D eigenvalue weighted by Gasteiger charge is -2.61. The number of ether oxygens (including phenoxy) is 6. The fraction of sp³-hybridized carbons (Fsp3) is 0.920. The van der Waals surface area contributed by atoms with Gasteiger partial charge in [-0.05, 0) is 49.4 Å². The molecule has 7 aliphatic rings. The van der Waals surface area contributed by atoms with Crippen LogP contribution in [0.15, 0.2) is 11.6 Å². The van der Waals surface area contributed by atoms with E-state index < -0.39 is 11.4 Å². The van der Waals surface area contributed by atoms with Crippen molar-refractivity contribution in [2.24, 2.45) is 28.6 Å². The van der Waals surface area contributed by atoms with Crippen LogP contribution in [0.4, 0.5) is 0 Å². The highest BCUT2D eigenvalue weighted by atomic mass is 31.0. The van der Waals surface area contributed by atoms with Gasteiger partial charge >= 0.3 is 0 Å². The Hall–Kier alpha value is -0.110. The molecule has 0 N–H and O–H groups in total. The predicted molar refractivity (Wildman–Crippen MR) is 121 cm³/mol. The summed E-state index contributed by atoms with van der Waals surface area (Å²) < 4.78 is 43.0. The summed E-state index contributed by atoms with van der Waals surface area (Å²) in [6.45, 7) is 7.34. The number of fused-ring (bicyclic) bond motifs is 7. The SMILES string of the molecule is C[C@]12CC=C3C(C1CC[C@@]21OCOC12COCO2)[C@H](OP)C[C@@H]1CC2(CC[C@]31C)OCCO2. The molecule has 6 fully saturated rings. The maximum absolute atomic E-state index is 6.52. The second kappa shape index (κ2) is 7.23. The smallest absolute Gasteiger partial charge is 0.226 e. The third-order valence-electron chi connectivity index (χ3n) is 11.0. The van der Waals surface area contributed by atoms with Crippen molar-refractivity contribution in [3.63, 3.8) is 0 Å². The van der Waals surface area contributed by atoms with Crippen LogP contribution >= 0.6 is 9.47 Å². The molecular formula is C25H37O7P. The summed E-state index contributed by atoms with van der Waals surface area (Å²) in [5.41, 5.74) is 1.20. The summed E-state index contributed by atoms with van der Waals surface area (Å²) in [7, 11) is 2.58. The molecule has 4 unspecified atom stereocenters. The van der Waals surface area contributed by atoms with Crippen molar-refractivity contribution >= 4 is 9.47 Å². The molecule has 0 amide bonds. The van der Waals surface area contributed by atoms with Crippen LogP contribution in [0, 0.1) is 28.6 Å². The Kier molecular flexibility index (Phi) is 4.84. The quantitative estimate of drug-likeness (QED) is 0.416. The zero-order chi connectivity index (χ0) is 22.5. The molecule has 0 aromatic heterocycles. The molecule has 4 aliphatic carbocycles. The first-order chi connectivity index (χ1) is 15.9. The molecule has 8 heteroatoms. The predicted octanol–water partition coefficient (Wildman–Crippen LogP) is 3.92. The van der Waals surface area contributed by atoms with Crippen LogP contribution in [-0.4, -0.2) is 56.7 Å². The Morgan fingerprint density at radius 1 is 1.00 bits per heavy atom. The highest BCUT2D eigenvalue weighted by molar-refractivity contribution is 7.09. The Morgan fingerprint density at radius 3 is 2.58 bits per heavy atom. The van der Waals surface area contributed by atoms with Crippen molar-refractivity contribution in [2.45, 2.75) is 82.1 Å². The summed E-state index contributed by atoms with van der Waals surface area (Å²) >= 11 is 0. The second-order valence-electron chi connectivity index (χ2n) is 11.9. The van der Waals surface area contributed by atoms with Gasteiger partial charge in [0.2, 0.25) is 5.79 Å². The molecular weight excluding hydrogens is 443 g/mol. The van der Waals surface area contributed by atoms with Crippen LogP contribution in [-0.2, 0) is 32.9 Å². The molecule has 3 saturated heterocycles. The van der Waals surface area contributed by atoms with E-state index in [1.165, 1.54) is 0 Å². The van der Waals surface area contributed by atoms with Crippen molar-refractivity contribution in [3.05, 3.63) is 11.6 Å². The fourth-order valence-electron chi connectivity index (χ4n) is 9.29. The van der Waals surface area contributed by atoms with Crippen LogP contribution in [0.3, 0.4) is 0 Å². The van der Waals surface area contributed by atoms with Gasteiger partial charge in [0.25, 0.3) is 0 Å². The minimum absolute atomic E-state index is 0.0937. The lowest BCUT2D eigenvalue weighted by molar-refractivity contribution is -0.243. The molecule has 33 heavy (non-hydrogen) atoms. The second-order valence-corrected chi connectivity index (χ2v) is 12.2. The Morgan fingerprint density at radius 2 is 1.82 bits per heavy atom. The number of rotatable bonds is 1. The minimum Gasteiger partial charge on any atom is -0.362 e. The average molecular weight is 481 g/mol. The normalized spacial score (nSPS) is 54.6. The van der Waals surface area contributed by atoms with E-state index in [0.717, 1.165) is 58.2 Å². The molecule has 0 bridgehead atoms. The third-order valence-corrected chi connectivity index (χ3v) is 11.4. The Bertz CT molecular complexity index is 846. The fourth-order valence-corrected chi connectivity index (χ4v) is 9.58. The van der Waals surface area contributed by atoms with Gasteiger partial charge in [-0.3, -0.25) is 0 Å². The van der Waals surface area contributed by atoms with Crippen molar-refractivity contribution < 1.29 is 32.9 Å². The lowest BCUT2D eigenvalue weighted by Crippen LogP contribution is -2.64. The number of hydrogen-bond acceptors (Lipinski definition) is 7. The molecule has 0 aromatic rings. The zero-order valence-electron chi connectivity index (χ0n) is 19.8. The van der Waals surface area contributed by atoms with E-state index in [9.17, 15) is 0 Å². The van der Waals surface area contributed by atoms with Gasteiger partial charge in [0.15, 0.2) is 19.4 Å². The molecule has 7 nitrogen and oxygen atoms in total. The van der Waals surface area contributed by atoms with Crippen LogP contribution in [0.5, 0.6) is 0 Å². The van der Waals surface area contributed by atoms with Gasteiger partial charge in [-0.2, -0.15) is 0 Å². The number of hydrogen-bond donors (Lipinski definition) is 0. The van der Waals surface area contributed by atoms with Gasteiger partial charge in [-0.25, -0.2) is 0 Å². The van der Waals surface area contributed by atoms with E-state index in [0.29, 0.717) is 24.4 Å². The maximum atomic E-state index is 6.52. The molecule has 7 rings (SSSR count). The van der Waals surface area contributed by atoms with Gasteiger partial charge in [0, 0.05) is 33.6 Å². The van der Waals surface area contributed by atoms with Crippen LogP contribution in [0.2, 0.25) is 0 Å². The highest BCUT2D eigenvalue weighted by Crippen LogP contribution is 2.71. The van der Waals surface area contributed by atoms with Crippen LogP contribution in [0.25, 0.3) is 0 Å². The molecule has 3 heterocycles. The van der Waals surface area contributed by atoms with Gasteiger partial charge in [-0.15, -0.1) is 0 Å². The summed E-state index contributed by atoms with van der Waals surface area (Å²) in [4.78, 5) is 0. The van der Waals surface area contributed by atoms with Gasteiger partial charge in [-0.1, -0.05) is 25.5 Å². The number of allylic oxidation sites excluding steroid dienone is 1. The van der Waals surface area contributed by atoms with E-state index in [1.54, 1.807) is 5.57 Å². The average Bonchev–Trinajstić information content (AvgIpc) is 3.60. The molecule has 0 radical (unpaired) electrons. The summed E-state index contributed by atoms with van der Waals surface area (Å²) in [5.74, 6) is 0.184. The van der Waals surface area contributed by atoms with Crippen molar-refractivity contribution in [1.29, 1.82) is 0 Å². The van der Waals surface area contributed by atoms with E-state index in [1.807, 2.05) is 0 Å². The van der Waals surface area contributed by atoms with Crippen molar-refractivity contribution in [2.75, 3.05) is 33.4 Å². The first-order valence-electron chi connectivity index (χ1n) is 12.7. The minimum atomic E-state index is -0.783. The zero-order valence-corrected chi connectivity index (χ0v) is 21.0. The molecule has 3 spiro atoms. The topological polar surface area (TPSA) is 64.6 Å². The van der Waals surface area contributed by atoms with E-state index >= 15 is 0 Å². The van der Waals surface area contributed by atoms with E-state index in [2.05, 4.69) is 29.4 Å².